The molecule has 3 N–H and O–H groups in total. The third-order valence-electron chi connectivity index (χ3n) is 6.39. The van der Waals surface area contributed by atoms with Gasteiger partial charge in [-0.3, -0.25) is 9.59 Å². The van der Waals surface area contributed by atoms with Crippen LogP contribution in [0.2, 0.25) is 0 Å². The van der Waals surface area contributed by atoms with E-state index in [0.717, 1.165) is 39.0 Å². The van der Waals surface area contributed by atoms with Crippen molar-refractivity contribution >= 4 is 34.2 Å². The topological polar surface area (TPSA) is 97.8 Å². The molecule has 1 aromatic heterocycles. The van der Waals surface area contributed by atoms with E-state index in [1.54, 1.807) is 13.0 Å². The van der Waals surface area contributed by atoms with E-state index >= 15 is 0 Å². The molecule has 1 aliphatic heterocycles. The quantitative estimate of drug-likeness (QED) is 0.527. The Morgan fingerprint density at radius 1 is 1.21 bits per heavy atom. The van der Waals surface area contributed by atoms with Crippen LogP contribution in [0.15, 0.2) is 24.3 Å². The predicted octanol–water partition coefficient (Wildman–Crippen LogP) is 5.07. The van der Waals surface area contributed by atoms with Crippen LogP contribution in [0.25, 0.3) is 22.0 Å². The number of amides is 1. The van der Waals surface area contributed by atoms with Crippen LogP contribution in [-0.2, 0) is 22.6 Å². The Morgan fingerprint density at radius 2 is 1.88 bits per heavy atom. The average molecular weight is 464 g/mol. The van der Waals surface area contributed by atoms with Gasteiger partial charge in [0.25, 0.3) is 0 Å². The van der Waals surface area contributed by atoms with Crippen molar-refractivity contribution in [2.24, 2.45) is 0 Å². The van der Waals surface area contributed by atoms with Gasteiger partial charge in [0.05, 0.1) is 23.7 Å². The van der Waals surface area contributed by atoms with Gasteiger partial charge in [-0.05, 0) is 76.4 Å². The lowest BCUT2D eigenvalue weighted by Gasteiger charge is -2.37. The van der Waals surface area contributed by atoms with Crippen LogP contribution >= 0.6 is 0 Å². The average Bonchev–Trinajstić information content (AvgIpc) is 3.01. The number of benzene rings is 2. The zero-order valence-corrected chi connectivity index (χ0v) is 20.9. The van der Waals surface area contributed by atoms with Crippen LogP contribution < -0.4 is 15.4 Å². The third-order valence-corrected chi connectivity index (χ3v) is 6.39. The molecule has 0 fully saturated rings. The number of aliphatic carboxylic acids is 1. The number of nitrogen functional groups attached to an aromatic ring is 1. The fraction of sp³-hybridized carbons (Fsp3) is 0.407. The molecule has 3 aromatic rings. The monoisotopic (exact) mass is 463 g/mol. The zero-order chi connectivity index (χ0) is 25.1. The molecule has 2 aromatic carbocycles. The van der Waals surface area contributed by atoms with Gasteiger partial charge in [-0.1, -0.05) is 0 Å². The van der Waals surface area contributed by atoms with Crippen molar-refractivity contribution in [3.63, 3.8) is 0 Å². The summed E-state index contributed by atoms with van der Waals surface area (Å²) in [5.74, 6) is -0.383. The molecule has 7 nitrogen and oxygen atoms in total. The molecule has 0 saturated carbocycles. The lowest BCUT2D eigenvalue weighted by molar-refractivity contribution is -0.136. The summed E-state index contributed by atoms with van der Waals surface area (Å²) in [6.45, 7) is 14.1. The molecule has 1 amide bonds. The van der Waals surface area contributed by atoms with Crippen LogP contribution in [0.4, 0.5) is 11.4 Å². The lowest BCUT2D eigenvalue weighted by Crippen LogP contribution is -2.43. The maximum absolute atomic E-state index is 12.7. The minimum absolute atomic E-state index is 0.0437. The first kappa shape index (κ1) is 23.7. The number of carbonyl (C=O) groups is 2. The van der Waals surface area contributed by atoms with Gasteiger partial charge < -0.3 is 25.0 Å². The van der Waals surface area contributed by atoms with E-state index in [9.17, 15) is 14.7 Å². The van der Waals surface area contributed by atoms with Crippen molar-refractivity contribution in [1.82, 2.24) is 4.57 Å². The summed E-state index contributed by atoms with van der Waals surface area (Å²) in [5.41, 5.74) is 12.1. The molecule has 34 heavy (non-hydrogen) atoms. The number of aryl methyl sites for hydroxylation is 1. The lowest BCUT2D eigenvalue weighted by atomic mass is 9.87. The van der Waals surface area contributed by atoms with Gasteiger partial charge in [-0.2, -0.15) is 0 Å². The third kappa shape index (κ3) is 3.89. The standard InChI is InChI=1S/C27H33N3O4/c1-14-10-21-24(19-9-8-18(28)11-22(19)34-27(5,6)7)20(12-23(32)33)16(3)25-26(21)29(14)13-15(2)30(25)17(4)31/h8-11,15H,12-13,28H2,1-7H3,(H,32,33)/t15-/m0/s1. The normalized spacial score (nSPS) is 15.6. The summed E-state index contributed by atoms with van der Waals surface area (Å²) in [7, 11) is 0. The Bertz CT molecular complexity index is 1330. The molecule has 0 radical (unpaired) electrons. The van der Waals surface area contributed by atoms with Crippen molar-refractivity contribution < 1.29 is 19.4 Å². The highest BCUT2D eigenvalue weighted by Gasteiger charge is 2.34. The molecule has 4 rings (SSSR count). The molecular formula is C27H33N3O4. The van der Waals surface area contributed by atoms with E-state index in [0.29, 0.717) is 23.5 Å². The van der Waals surface area contributed by atoms with Crippen LogP contribution in [0.1, 0.15) is 51.4 Å². The minimum atomic E-state index is -0.931. The molecule has 2 heterocycles. The molecule has 180 valence electrons. The van der Waals surface area contributed by atoms with Crippen LogP contribution in [-0.4, -0.2) is 33.2 Å². The summed E-state index contributed by atoms with van der Waals surface area (Å²) in [6, 6.07) is 7.55. The Hall–Kier alpha value is -3.48. The van der Waals surface area contributed by atoms with E-state index in [2.05, 4.69) is 10.6 Å². The smallest absolute Gasteiger partial charge is 0.307 e. The molecule has 0 unspecified atom stereocenters. The maximum Gasteiger partial charge on any atom is 0.307 e. The first-order valence-electron chi connectivity index (χ1n) is 11.6. The second-order valence-corrected chi connectivity index (χ2v) is 10.3. The van der Waals surface area contributed by atoms with E-state index in [-0.39, 0.29) is 18.4 Å². The first-order valence-corrected chi connectivity index (χ1v) is 11.6. The first-order chi connectivity index (χ1) is 15.8. The fourth-order valence-electron chi connectivity index (χ4n) is 5.20. The number of nitrogens with two attached hydrogens (primary N) is 1. The van der Waals surface area contributed by atoms with Gasteiger partial charge in [0.1, 0.15) is 11.4 Å². The highest BCUT2D eigenvalue weighted by Crippen LogP contribution is 2.48. The number of aromatic nitrogens is 1. The van der Waals surface area contributed by atoms with Crippen LogP contribution in [0, 0.1) is 13.8 Å². The summed E-state index contributed by atoms with van der Waals surface area (Å²) in [4.78, 5) is 26.6. The van der Waals surface area contributed by atoms with Crippen molar-refractivity contribution in [2.45, 2.75) is 73.1 Å². The van der Waals surface area contributed by atoms with E-state index < -0.39 is 11.6 Å². The highest BCUT2D eigenvalue weighted by molar-refractivity contribution is 6.12. The largest absolute Gasteiger partial charge is 0.487 e. The number of anilines is 2. The molecular weight excluding hydrogens is 430 g/mol. The van der Waals surface area contributed by atoms with Gasteiger partial charge in [0, 0.05) is 41.9 Å². The van der Waals surface area contributed by atoms with Gasteiger partial charge in [0.2, 0.25) is 5.91 Å². The predicted molar refractivity (Wildman–Crippen MR) is 136 cm³/mol. The molecule has 7 heteroatoms. The molecule has 0 aliphatic carbocycles. The van der Waals surface area contributed by atoms with E-state index in [1.807, 2.05) is 58.6 Å². The minimum Gasteiger partial charge on any atom is -0.487 e. The number of carboxylic acids is 1. The summed E-state index contributed by atoms with van der Waals surface area (Å²) in [6.07, 6.45) is -0.173. The van der Waals surface area contributed by atoms with Crippen molar-refractivity contribution in [3.05, 3.63) is 41.1 Å². The number of carboxylic acid groups (broad SMARTS) is 1. The van der Waals surface area contributed by atoms with Crippen molar-refractivity contribution in [2.75, 3.05) is 10.6 Å². The number of ether oxygens (including phenoxy) is 1. The second kappa shape index (κ2) is 8.08. The second-order valence-electron chi connectivity index (χ2n) is 10.3. The number of hydrogen-bond donors (Lipinski definition) is 2. The van der Waals surface area contributed by atoms with Crippen molar-refractivity contribution in [1.29, 1.82) is 0 Å². The molecule has 0 spiro atoms. The number of carbonyl (C=O) groups excluding carboxylic acids is 1. The zero-order valence-electron chi connectivity index (χ0n) is 20.9. The van der Waals surface area contributed by atoms with Crippen LogP contribution in [0.3, 0.4) is 0 Å². The number of rotatable bonds is 4. The Labute approximate surface area is 200 Å². The molecule has 1 atom stereocenters. The fourth-order valence-corrected chi connectivity index (χ4v) is 5.20. The van der Waals surface area contributed by atoms with Gasteiger partial charge in [-0.15, -0.1) is 0 Å². The maximum atomic E-state index is 12.7. The summed E-state index contributed by atoms with van der Waals surface area (Å²) in [5, 5.41) is 10.8. The molecule has 0 bridgehead atoms. The SMILES string of the molecule is CC(=O)N1c2c(C)c(CC(=O)O)c(-c3ccc(N)cc3OC(C)(C)C)c3cc(C)n(c23)C[C@@H]1C. The number of nitrogens with zero attached hydrogens (tertiary/aromatic N) is 2. The Morgan fingerprint density at radius 3 is 2.47 bits per heavy atom. The number of hydrogen-bond acceptors (Lipinski definition) is 4. The summed E-state index contributed by atoms with van der Waals surface area (Å²) >= 11 is 0. The van der Waals surface area contributed by atoms with Gasteiger partial charge in [0.15, 0.2) is 0 Å². The van der Waals surface area contributed by atoms with E-state index in [1.165, 1.54) is 0 Å². The Kier molecular flexibility index (Phi) is 5.62. The van der Waals surface area contributed by atoms with Gasteiger partial charge in [-0.25, -0.2) is 0 Å². The van der Waals surface area contributed by atoms with E-state index in [4.69, 9.17) is 10.5 Å². The highest BCUT2D eigenvalue weighted by atomic mass is 16.5. The molecule has 1 aliphatic rings. The molecule has 0 saturated heterocycles. The Balaban J connectivity index is 2.17. The summed E-state index contributed by atoms with van der Waals surface area (Å²) < 4.78 is 8.54. The van der Waals surface area contributed by atoms with Crippen LogP contribution in [0.5, 0.6) is 5.75 Å². The van der Waals surface area contributed by atoms with Gasteiger partial charge >= 0.3 is 5.97 Å². The van der Waals surface area contributed by atoms with Crippen molar-refractivity contribution in [3.8, 4) is 16.9 Å².